The molecule has 1 aliphatic rings. The van der Waals surface area contributed by atoms with Crippen molar-refractivity contribution in [2.24, 2.45) is 5.41 Å². The molecular formula is C19H30O2. The van der Waals surface area contributed by atoms with E-state index >= 15 is 0 Å². The molecule has 1 aliphatic carbocycles. The van der Waals surface area contributed by atoms with Crippen molar-refractivity contribution in [2.75, 3.05) is 14.2 Å². The molecule has 0 heterocycles. The fraction of sp³-hybridized carbons (Fsp3) is 0.684. The van der Waals surface area contributed by atoms with Crippen LogP contribution in [0.15, 0.2) is 12.1 Å². The minimum atomic E-state index is 0.427. The van der Waals surface area contributed by atoms with Gasteiger partial charge in [0, 0.05) is 11.1 Å². The maximum atomic E-state index is 5.60. The first kappa shape index (κ1) is 16.2. The van der Waals surface area contributed by atoms with Crippen molar-refractivity contribution in [1.29, 1.82) is 0 Å². The molecule has 0 saturated heterocycles. The lowest BCUT2D eigenvalue weighted by atomic mass is 9.76. The number of ether oxygens (including phenoxy) is 2. The molecule has 0 unspecified atom stereocenters. The Morgan fingerprint density at radius 1 is 0.857 bits per heavy atom. The van der Waals surface area contributed by atoms with E-state index in [1.807, 2.05) is 0 Å². The lowest BCUT2D eigenvalue weighted by Gasteiger charge is -2.29. The van der Waals surface area contributed by atoms with Gasteiger partial charge in [-0.05, 0) is 43.2 Å². The van der Waals surface area contributed by atoms with Crippen LogP contribution in [0.2, 0.25) is 0 Å². The molecule has 0 aromatic heterocycles. The quantitative estimate of drug-likeness (QED) is 0.657. The van der Waals surface area contributed by atoms with Gasteiger partial charge in [-0.25, -0.2) is 0 Å². The second-order valence-corrected chi connectivity index (χ2v) is 6.49. The summed E-state index contributed by atoms with van der Waals surface area (Å²) in [6.45, 7) is 4.58. The number of methoxy groups -OCH3 is 2. The monoisotopic (exact) mass is 290 g/mol. The minimum absolute atomic E-state index is 0.427. The summed E-state index contributed by atoms with van der Waals surface area (Å²) < 4.78 is 11.2. The average molecular weight is 290 g/mol. The van der Waals surface area contributed by atoms with Crippen molar-refractivity contribution >= 4 is 0 Å². The van der Waals surface area contributed by atoms with Crippen molar-refractivity contribution in [3.8, 4) is 11.5 Å². The first-order valence-electron chi connectivity index (χ1n) is 8.42. The van der Waals surface area contributed by atoms with Gasteiger partial charge in [-0.3, -0.25) is 0 Å². The van der Waals surface area contributed by atoms with Gasteiger partial charge in [0.05, 0.1) is 14.2 Å². The Kier molecular flexibility index (Phi) is 5.55. The van der Waals surface area contributed by atoms with Crippen molar-refractivity contribution in [3.05, 3.63) is 23.3 Å². The highest BCUT2D eigenvalue weighted by atomic mass is 16.5. The number of unbranched alkanes of at least 4 members (excludes halogenated alkanes) is 2. The molecule has 0 bridgehead atoms. The van der Waals surface area contributed by atoms with E-state index in [9.17, 15) is 0 Å². The molecule has 21 heavy (non-hydrogen) atoms. The number of hydrogen-bond acceptors (Lipinski definition) is 2. The third-order valence-corrected chi connectivity index (χ3v) is 5.01. The summed E-state index contributed by atoms with van der Waals surface area (Å²) in [5, 5.41) is 0. The Morgan fingerprint density at radius 3 is 1.62 bits per heavy atom. The molecule has 0 saturated carbocycles. The second-order valence-electron chi connectivity index (χ2n) is 6.49. The van der Waals surface area contributed by atoms with E-state index in [4.69, 9.17) is 9.47 Å². The fourth-order valence-corrected chi connectivity index (χ4v) is 3.81. The molecule has 2 nitrogen and oxygen atoms in total. The van der Waals surface area contributed by atoms with Crippen LogP contribution in [0.3, 0.4) is 0 Å². The summed E-state index contributed by atoms with van der Waals surface area (Å²) in [6.07, 6.45) is 10.2. The van der Waals surface area contributed by atoms with Crippen LogP contribution in [-0.2, 0) is 12.8 Å². The topological polar surface area (TPSA) is 18.5 Å². The van der Waals surface area contributed by atoms with E-state index in [0.29, 0.717) is 5.41 Å². The Labute approximate surface area is 129 Å². The molecule has 0 atom stereocenters. The largest absolute Gasteiger partial charge is 0.496 e. The van der Waals surface area contributed by atoms with Gasteiger partial charge in [0.1, 0.15) is 11.5 Å². The summed E-state index contributed by atoms with van der Waals surface area (Å²) in [6, 6.07) is 4.13. The van der Waals surface area contributed by atoms with Gasteiger partial charge in [-0.15, -0.1) is 0 Å². The molecule has 0 radical (unpaired) electrons. The molecule has 1 aromatic rings. The first-order chi connectivity index (χ1) is 10.2. The standard InChI is InChI=1S/C19H30O2/c1-5-7-11-19(12-8-6-2)13-15-16(14-19)18(21-4)10-9-17(15)20-3/h9-10H,5-8,11-14H2,1-4H3. The van der Waals surface area contributed by atoms with Crippen LogP contribution in [0.4, 0.5) is 0 Å². The second kappa shape index (κ2) is 7.20. The van der Waals surface area contributed by atoms with E-state index in [-0.39, 0.29) is 0 Å². The third-order valence-electron chi connectivity index (χ3n) is 5.01. The number of benzene rings is 1. The third kappa shape index (κ3) is 3.36. The number of rotatable bonds is 8. The Morgan fingerprint density at radius 2 is 1.29 bits per heavy atom. The predicted molar refractivity (Wildman–Crippen MR) is 88.4 cm³/mol. The number of fused-ring (bicyclic) bond motifs is 1. The predicted octanol–water partition coefficient (Wildman–Crippen LogP) is 5.17. The molecule has 0 spiro atoms. The summed E-state index contributed by atoms with van der Waals surface area (Å²) in [5.74, 6) is 2.08. The van der Waals surface area contributed by atoms with E-state index in [1.54, 1.807) is 14.2 Å². The van der Waals surface area contributed by atoms with Crippen molar-refractivity contribution in [1.82, 2.24) is 0 Å². The van der Waals surface area contributed by atoms with Gasteiger partial charge in [-0.1, -0.05) is 39.5 Å². The molecule has 118 valence electrons. The van der Waals surface area contributed by atoms with Gasteiger partial charge >= 0.3 is 0 Å². The van der Waals surface area contributed by atoms with Gasteiger partial charge in [0.15, 0.2) is 0 Å². The van der Waals surface area contributed by atoms with Crippen LogP contribution >= 0.6 is 0 Å². The average Bonchev–Trinajstić information content (AvgIpc) is 2.90. The Hall–Kier alpha value is -1.18. The summed E-state index contributed by atoms with van der Waals surface area (Å²) in [5.41, 5.74) is 3.21. The lowest BCUT2D eigenvalue weighted by Crippen LogP contribution is -2.21. The van der Waals surface area contributed by atoms with E-state index < -0.39 is 0 Å². The molecular weight excluding hydrogens is 260 g/mol. The Balaban J connectivity index is 2.31. The highest BCUT2D eigenvalue weighted by Crippen LogP contribution is 2.50. The van der Waals surface area contributed by atoms with Gasteiger partial charge in [-0.2, -0.15) is 0 Å². The van der Waals surface area contributed by atoms with Crippen LogP contribution in [0.5, 0.6) is 11.5 Å². The molecule has 1 aromatic carbocycles. The van der Waals surface area contributed by atoms with Crippen LogP contribution in [0.25, 0.3) is 0 Å². The van der Waals surface area contributed by atoms with Gasteiger partial charge < -0.3 is 9.47 Å². The van der Waals surface area contributed by atoms with E-state index in [1.165, 1.54) is 49.7 Å². The Bertz CT molecular complexity index is 422. The van der Waals surface area contributed by atoms with E-state index in [2.05, 4.69) is 26.0 Å². The molecule has 2 rings (SSSR count). The highest BCUT2D eigenvalue weighted by molar-refractivity contribution is 5.52. The summed E-state index contributed by atoms with van der Waals surface area (Å²) >= 11 is 0. The lowest BCUT2D eigenvalue weighted by molar-refractivity contribution is 0.237. The molecule has 0 amide bonds. The minimum Gasteiger partial charge on any atom is -0.496 e. The van der Waals surface area contributed by atoms with Crippen LogP contribution in [-0.4, -0.2) is 14.2 Å². The normalized spacial score (nSPS) is 15.8. The maximum Gasteiger partial charge on any atom is 0.122 e. The van der Waals surface area contributed by atoms with Crippen LogP contribution in [0.1, 0.15) is 63.5 Å². The zero-order chi connectivity index (χ0) is 15.3. The molecule has 0 N–H and O–H groups in total. The first-order valence-corrected chi connectivity index (χ1v) is 8.42. The fourth-order valence-electron chi connectivity index (χ4n) is 3.81. The highest BCUT2D eigenvalue weighted by Gasteiger charge is 2.39. The SMILES string of the molecule is CCCCC1(CCCC)Cc2c(OC)ccc(OC)c2C1. The maximum absolute atomic E-state index is 5.60. The molecule has 2 heteroatoms. The smallest absolute Gasteiger partial charge is 0.122 e. The van der Waals surface area contributed by atoms with Crippen molar-refractivity contribution in [2.45, 2.75) is 65.2 Å². The van der Waals surface area contributed by atoms with Crippen LogP contribution < -0.4 is 9.47 Å². The summed E-state index contributed by atoms with van der Waals surface area (Å²) in [4.78, 5) is 0. The summed E-state index contributed by atoms with van der Waals surface area (Å²) in [7, 11) is 3.56. The van der Waals surface area contributed by atoms with Gasteiger partial charge in [0.2, 0.25) is 0 Å². The van der Waals surface area contributed by atoms with Crippen LogP contribution in [0, 0.1) is 5.41 Å². The van der Waals surface area contributed by atoms with E-state index in [0.717, 1.165) is 24.3 Å². The zero-order valence-corrected chi connectivity index (χ0v) is 14.1. The molecule has 0 fully saturated rings. The van der Waals surface area contributed by atoms with Crippen molar-refractivity contribution < 1.29 is 9.47 Å². The molecule has 0 aliphatic heterocycles. The van der Waals surface area contributed by atoms with Gasteiger partial charge in [0.25, 0.3) is 0 Å². The van der Waals surface area contributed by atoms with Crippen molar-refractivity contribution in [3.63, 3.8) is 0 Å². The number of hydrogen-bond donors (Lipinski definition) is 0. The zero-order valence-electron chi connectivity index (χ0n) is 14.1.